The third kappa shape index (κ3) is 5.05. The summed E-state index contributed by atoms with van der Waals surface area (Å²) in [5.41, 5.74) is 0. The van der Waals surface area contributed by atoms with Crippen molar-refractivity contribution in [3.63, 3.8) is 0 Å². The molecule has 0 bridgehead atoms. The summed E-state index contributed by atoms with van der Waals surface area (Å²) in [4.78, 5) is 35.0. The van der Waals surface area contributed by atoms with Gasteiger partial charge in [0.2, 0.25) is 0 Å². The van der Waals surface area contributed by atoms with Crippen LogP contribution in [0.1, 0.15) is 6.92 Å². The third-order valence-corrected chi connectivity index (χ3v) is 4.59. The van der Waals surface area contributed by atoms with Crippen LogP contribution >= 0.6 is 0 Å². The van der Waals surface area contributed by atoms with E-state index in [1.165, 1.54) is 6.92 Å². The topological polar surface area (TPSA) is 90.2 Å². The summed E-state index contributed by atoms with van der Waals surface area (Å²) in [7, 11) is -7.50. The number of rotatable bonds is 3. The molecule has 0 atom stereocenters. The van der Waals surface area contributed by atoms with Crippen molar-refractivity contribution in [3.8, 4) is 0 Å². The molecule has 0 aromatic carbocycles. The van der Waals surface area contributed by atoms with Crippen LogP contribution in [-0.2, 0) is 4.12 Å². The molecule has 0 aliphatic heterocycles. The molecule has 0 amide bonds. The molecule has 0 saturated heterocycles. The fraction of sp³-hybridized carbons (Fsp3) is 1.00. The van der Waals surface area contributed by atoms with Gasteiger partial charge in [-0.05, 0) is 0 Å². The van der Waals surface area contributed by atoms with E-state index >= 15 is 0 Å². The summed E-state index contributed by atoms with van der Waals surface area (Å²) >= 11 is 0. The molecule has 0 spiro atoms. The van der Waals surface area contributed by atoms with Crippen LogP contribution in [0.15, 0.2) is 0 Å². The van der Waals surface area contributed by atoms with Gasteiger partial charge in [-0.2, -0.15) is 0 Å². The van der Waals surface area contributed by atoms with E-state index in [2.05, 4.69) is 4.12 Å². The van der Waals surface area contributed by atoms with E-state index in [9.17, 15) is 0 Å². The Morgan fingerprint density at radius 1 is 1.20 bits per heavy atom. The van der Waals surface area contributed by atoms with Crippen LogP contribution in [0.5, 0.6) is 0 Å². The second-order valence-electron chi connectivity index (χ2n) is 2.13. The molecular formula is C3H12O5Si2. The third-order valence-electron chi connectivity index (χ3n) is 0.817. The zero-order valence-corrected chi connectivity index (χ0v) is 7.90. The summed E-state index contributed by atoms with van der Waals surface area (Å²) in [6.07, 6.45) is 0. The highest BCUT2D eigenvalue weighted by Crippen LogP contribution is 2.07. The van der Waals surface area contributed by atoms with E-state index in [4.69, 9.17) is 19.2 Å². The lowest BCUT2D eigenvalue weighted by molar-refractivity contribution is 0.161. The quantitative estimate of drug-likeness (QED) is 0.401. The first-order valence-electron chi connectivity index (χ1n) is 2.86. The van der Waals surface area contributed by atoms with E-state index in [1.807, 2.05) is 0 Å². The van der Waals surface area contributed by atoms with Gasteiger partial charge in [0.25, 0.3) is 0 Å². The Balaban J connectivity index is 3.89. The van der Waals surface area contributed by atoms with Crippen molar-refractivity contribution in [1.82, 2.24) is 0 Å². The second-order valence-corrected chi connectivity index (χ2v) is 7.01. The first kappa shape index (κ1) is 10.2. The predicted molar refractivity (Wildman–Crippen MR) is 37.8 cm³/mol. The van der Waals surface area contributed by atoms with Gasteiger partial charge in [-0.3, -0.25) is 0 Å². The zero-order valence-electron chi connectivity index (χ0n) is 5.90. The van der Waals surface area contributed by atoms with Gasteiger partial charge in [-0.15, -0.1) is 0 Å². The van der Waals surface area contributed by atoms with E-state index in [0.717, 1.165) is 6.55 Å². The van der Waals surface area contributed by atoms with Crippen molar-refractivity contribution >= 4 is 17.6 Å². The minimum atomic E-state index is -3.75. The molecule has 5 nitrogen and oxygen atoms in total. The molecule has 0 aromatic heterocycles. The largest absolute Gasteiger partial charge is 0.487 e. The van der Waals surface area contributed by atoms with E-state index in [1.54, 1.807) is 0 Å². The first-order valence-corrected chi connectivity index (χ1v) is 7.18. The predicted octanol–water partition coefficient (Wildman–Crippen LogP) is -1.50. The minimum absolute atomic E-state index is 0.0245. The van der Waals surface area contributed by atoms with E-state index in [-0.39, 0.29) is 6.04 Å². The lowest BCUT2D eigenvalue weighted by atomic mass is 11.0. The molecule has 7 heteroatoms. The van der Waals surface area contributed by atoms with E-state index < -0.39 is 17.6 Å². The average Bonchev–Trinajstić information content (AvgIpc) is 1.60. The normalized spacial score (nSPS) is 13.8. The Morgan fingerprint density at radius 2 is 1.60 bits per heavy atom. The lowest BCUT2D eigenvalue weighted by Crippen LogP contribution is -2.50. The summed E-state index contributed by atoms with van der Waals surface area (Å²) in [6, 6.07) is 0.0245. The Morgan fingerprint density at radius 3 is 1.70 bits per heavy atom. The van der Waals surface area contributed by atoms with E-state index in [0.29, 0.717) is 0 Å². The molecule has 62 valence electrons. The maximum atomic E-state index is 8.85. The maximum absolute atomic E-state index is 8.85. The Kier molecular flexibility index (Phi) is 3.16. The first-order chi connectivity index (χ1) is 4.27. The van der Waals surface area contributed by atoms with Crippen LogP contribution in [0.2, 0.25) is 12.6 Å². The van der Waals surface area contributed by atoms with Crippen molar-refractivity contribution in [3.05, 3.63) is 0 Å². The molecule has 0 aliphatic carbocycles. The Hall–Kier alpha value is 0.234. The van der Waals surface area contributed by atoms with Gasteiger partial charge < -0.3 is 23.3 Å². The van der Waals surface area contributed by atoms with Crippen LogP contribution in [0.25, 0.3) is 0 Å². The van der Waals surface area contributed by atoms with Gasteiger partial charge in [0.05, 0.1) is 0 Å². The van der Waals surface area contributed by atoms with Gasteiger partial charge >= 0.3 is 17.6 Å². The van der Waals surface area contributed by atoms with Crippen molar-refractivity contribution in [2.24, 2.45) is 0 Å². The standard InChI is InChI=1S/C3H12O5Si2/c1-3-10(6,7)8-9(2,4)5/h4-7H,3H2,1-2H3. The molecule has 0 unspecified atom stereocenters. The molecule has 0 fully saturated rings. The highest BCUT2D eigenvalue weighted by Gasteiger charge is 2.40. The monoisotopic (exact) mass is 184 g/mol. The smallest absolute Gasteiger partial charge is 0.390 e. The van der Waals surface area contributed by atoms with Gasteiger partial charge in [0.1, 0.15) is 0 Å². The van der Waals surface area contributed by atoms with Crippen LogP contribution in [0.3, 0.4) is 0 Å². The molecule has 0 aromatic rings. The molecule has 0 saturated carbocycles. The molecule has 0 rings (SSSR count). The Labute approximate surface area is 61.3 Å². The van der Waals surface area contributed by atoms with Crippen LogP contribution in [-0.4, -0.2) is 36.8 Å². The number of hydrogen-bond donors (Lipinski definition) is 4. The maximum Gasteiger partial charge on any atom is 0.487 e. The van der Waals surface area contributed by atoms with Crippen molar-refractivity contribution in [1.29, 1.82) is 0 Å². The highest BCUT2D eigenvalue weighted by atomic mass is 28.5. The highest BCUT2D eigenvalue weighted by molar-refractivity contribution is 6.71. The molecule has 4 N–H and O–H groups in total. The fourth-order valence-electron chi connectivity index (χ4n) is 0.382. The summed E-state index contributed by atoms with van der Waals surface area (Å²) in [5, 5.41) is 0. The molecule has 0 heterocycles. The molecule has 0 radical (unpaired) electrons. The van der Waals surface area contributed by atoms with Gasteiger partial charge in [-0.1, -0.05) is 6.92 Å². The average molecular weight is 184 g/mol. The van der Waals surface area contributed by atoms with Crippen molar-refractivity contribution < 1.29 is 23.3 Å². The molecular weight excluding hydrogens is 172 g/mol. The Bertz CT molecular complexity index is 108. The number of hydrogen-bond acceptors (Lipinski definition) is 5. The molecule has 0 aliphatic rings. The van der Waals surface area contributed by atoms with Gasteiger partial charge in [0.15, 0.2) is 0 Å². The van der Waals surface area contributed by atoms with Crippen molar-refractivity contribution in [2.45, 2.75) is 19.5 Å². The van der Waals surface area contributed by atoms with Crippen LogP contribution in [0, 0.1) is 0 Å². The minimum Gasteiger partial charge on any atom is -0.390 e. The van der Waals surface area contributed by atoms with Crippen LogP contribution < -0.4 is 0 Å². The second kappa shape index (κ2) is 3.09. The van der Waals surface area contributed by atoms with Gasteiger partial charge in [-0.25, -0.2) is 0 Å². The fourth-order valence-corrected chi connectivity index (χ4v) is 3.44. The van der Waals surface area contributed by atoms with Crippen molar-refractivity contribution in [2.75, 3.05) is 0 Å². The summed E-state index contributed by atoms with van der Waals surface area (Å²) in [5.74, 6) is 0. The SMILES string of the molecule is CC[Si](O)(O)O[Si](C)(O)O. The summed E-state index contributed by atoms with van der Waals surface area (Å²) < 4.78 is 4.27. The molecule has 10 heavy (non-hydrogen) atoms. The summed E-state index contributed by atoms with van der Waals surface area (Å²) in [6.45, 7) is 2.56. The lowest BCUT2D eigenvalue weighted by Gasteiger charge is -2.21. The van der Waals surface area contributed by atoms with Crippen LogP contribution in [0.4, 0.5) is 0 Å². The van der Waals surface area contributed by atoms with Gasteiger partial charge in [0, 0.05) is 12.6 Å². The zero-order chi connectivity index (χ0) is 8.41.